The zero-order valence-corrected chi connectivity index (χ0v) is 17.3. The first kappa shape index (κ1) is 19.7. The Labute approximate surface area is 168 Å². The Kier molecular flexibility index (Phi) is 7.37. The number of nitrogens with one attached hydrogen (secondary N) is 1. The number of carbonyl (C=O) groups excluding carboxylic acids is 1. The van der Waals surface area contributed by atoms with Gasteiger partial charge in [-0.25, -0.2) is 4.98 Å². The average Bonchev–Trinajstić information content (AvgIpc) is 3.02. The second kappa shape index (κ2) is 9.74. The molecule has 0 spiro atoms. The van der Waals surface area contributed by atoms with Gasteiger partial charge in [-0.2, -0.15) is 0 Å². The molecule has 4 nitrogen and oxygen atoms in total. The third-order valence-electron chi connectivity index (χ3n) is 4.32. The predicted octanol–water partition coefficient (Wildman–Crippen LogP) is 4.90. The van der Waals surface area contributed by atoms with Gasteiger partial charge in [-0.05, 0) is 43.0 Å². The molecule has 1 unspecified atom stereocenters. The van der Waals surface area contributed by atoms with E-state index in [0.717, 1.165) is 47.6 Å². The van der Waals surface area contributed by atoms with E-state index >= 15 is 0 Å². The van der Waals surface area contributed by atoms with Crippen molar-refractivity contribution in [3.05, 3.63) is 45.9 Å². The van der Waals surface area contributed by atoms with Crippen LogP contribution in [-0.2, 0) is 17.1 Å². The molecule has 0 saturated carbocycles. The Bertz CT molecular complexity index is 737. The first-order chi connectivity index (χ1) is 12.6. The molecule has 2 aromatic rings. The van der Waals surface area contributed by atoms with Gasteiger partial charge in [-0.1, -0.05) is 30.7 Å². The Morgan fingerprint density at radius 3 is 3.19 bits per heavy atom. The monoisotopic (exact) mass is 409 g/mol. The number of hydrogen-bond acceptors (Lipinski definition) is 5. The number of aromatic nitrogens is 1. The molecule has 1 saturated heterocycles. The summed E-state index contributed by atoms with van der Waals surface area (Å²) in [7, 11) is 0. The minimum atomic E-state index is -0.00970. The number of halogens is 1. The summed E-state index contributed by atoms with van der Waals surface area (Å²) >= 11 is 9.05. The number of amides is 1. The van der Waals surface area contributed by atoms with Crippen LogP contribution in [0.4, 0.5) is 5.13 Å². The van der Waals surface area contributed by atoms with Crippen LogP contribution < -0.4 is 5.32 Å². The molecule has 0 bridgehead atoms. The van der Waals surface area contributed by atoms with E-state index in [1.807, 2.05) is 29.6 Å². The molecule has 1 aliphatic heterocycles. The van der Waals surface area contributed by atoms with Crippen molar-refractivity contribution in [3.63, 3.8) is 0 Å². The van der Waals surface area contributed by atoms with E-state index in [9.17, 15) is 4.79 Å². The maximum atomic E-state index is 12.1. The van der Waals surface area contributed by atoms with Crippen LogP contribution in [0.5, 0.6) is 0 Å². The Hall–Kier alpha value is -1.08. The maximum Gasteiger partial charge on any atom is 0.236 e. The van der Waals surface area contributed by atoms with Crippen LogP contribution >= 0.6 is 34.7 Å². The van der Waals surface area contributed by atoms with Gasteiger partial charge in [0.15, 0.2) is 5.13 Å². The molecule has 2 heterocycles. The van der Waals surface area contributed by atoms with Gasteiger partial charge in [0.05, 0.1) is 11.4 Å². The largest absolute Gasteiger partial charge is 0.301 e. The third-order valence-corrected chi connectivity index (χ3v) is 6.36. The number of piperidine rings is 1. The number of anilines is 1. The van der Waals surface area contributed by atoms with Crippen molar-refractivity contribution in [1.82, 2.24) is 9.88 Å². The molecule has 7 heteroatoms. The molecule has 1 aromatic carbocycles. The maximum absolute atomic E-state index is 12.1. The highest BCUT2D eigenvalue weighted by molar-refractivity contribution is 7.99. The van der Waals surface area contributed by atoms with Crippen LogP contribution in [-0.4, -0.2) is 34.6 Å². The van der Waals surface area contributed by atoms with Gasteiger partial charge >= 0.3 is 0 Å². The Morgan fingerprint density at radius 2 is 2.38 bits per heavy atom. The molecular formula is C19H24ClN3OS2. The van der Waals surface area contributed by atoms with E-state index in [4.69, 9.17) is 11.6 Å². The lowest BCUT2D eigenvalue weighted by Crippen LogP contribution is -2.33. The molecule has 3 rings (SSSR count). The number of thiazole rings is 1. The Balaban J connectivity index is 1.41. The minimum Gasteiger partial charge on any atom is -0.301 e. The summed E-state index contributed by atoms with van der Waals surface area (Å²) < 4.78 is 0. The van der Waals surface area contributed by atoms with Gasteiger partial charge < -0.3 is 5.32 Å². The number of thioether (sulfide) groups is 1. The second-order valence-electron chi connectivity index (χ2n) is 6.80. The summed E-state index contributed by atoms with van der Waals surface area (Å²) in [6.07, 6.45) is 2.58. The van der Waals surface area contributed by atoms with Crippen LogP contribution in [0.25, 0.3) is 0 Å². The van der Waals surface area contributed by atoms with E-state index in [1.165, 1.54) is 24.2 Å². The van der Waals surface area contributed by atoms with E-state index in [1.54, 1.807) is 11.8 Å². The highest BCUT2D eigenvalue weighted by atomic mass is 35.5. The van der Waals surface area contributed by atoms with Crippen LogP contribution in [0.15, 0.2) is 29.6 Å². The molecule has 1 aliphatic rings. The zero-order valence-electron chi connectivity index (χ0n) is 14.9. The van der Waals surface area contributed by atoms with Crippen molar-refractivity contribution >= 4 is 45.7 Å². The fourth-order valence-electron chi connectivity index (χ4n) is 3.14. The summed E-state index contributed by atoms with van der Waals surface area (Å²) in [4.78, 5) is 19.1. The average molecular weight is 410 g/mol. The molecule has 1 fully saturated rings. The molecule has 1 amide bonds. The molecule has 1 atom stereocenters. The summed E-state index contributed by atoms with van der Waals surface area (Å²) in [5.41, 5.74) is 2.17. The molecule has 1 aromatic heterocycles. The number of hydrogen-bond donors (Lipinski definition) is 1. The fraction of sp³-hybridized carbons (Fsp3) is 0.474. The van der Waals surface area contributed by atoms with Crippen molar-refractivity contribution in [1.29, 1.82) is 0 Å². The van der Waals surface area contributed by atoms with Crippen LogP contribution in [0, 0.1) is 5.92 Å². The molecule has 0 radical (unpaired) electrons. The van der Waals surface area contributed by atoms with Crippen molar-refractivity contribution in [3.8, 4) is 0 Å². The third kappa shape index (κ3) is 6.27. The molecule has 26 heavy (non-hydrogen) atoms. The number of rotatable bonds is 7. The smallest absolute Gasteiger partial charge is 0.236 e. The summed E-state index contributed by atoms with van der Waals surface area (Å²) in [5, 5.41) is 6.38. The molecule has 140 valence electrons. The number of benzene rings is 1. The highest BCUT2D eigenvalue weighted by Crippen LogP contribution is 2.21. The fourth-order valence-corrected chi connectivity index (χ4v) is 4.85. The standard InChI is InChI=1S/C19H24ClN3OS2/c1-14-4-3-7-23(9-14)10-17-12-26-19(21-17)22-18(24)13-25-11-15-5-2-6-16(20)8-15/h2,5-6,8,12,14H,3-4,7,9-11,13H2,1H3,(H,21,22,24). The van der Waals surface area contributed by atoms with Gasteiger partial charge in [0.1, 0.15) is 0 Å². The molecular weight excluding hydrogens is 386 g/mol. The summed E-state index contributed by atoms with van der Waals surface area (Å²) in [5.74, 6) is 1.93. The van der Waals surface area contributed by atoms with Crippen molar-refractivity contribution in [2.75, 3.05) is 24.2 Å². The first-order valence-electron chi connectivity index (χ1n) is 8.87. The van der Waals surface area contributed by atoms with Crippen LogP contribution in [0.1, 0.15) is 31.0 Å². The zero-order chi connectivity index (χ0) is 18.4. The van der Waals surface area contributed by atoms with Gasteiger partial charge in [0.2, 0.25) is 5.91 Å². The van der Waals surface area contributed by atoms with Gasteiger partial charge in [-0.3, -0.25) is 9.69 Å². The topological polar surface area (TPSA) is 45.2 Å². The minimum absolute atomic E-state index is 0.00970. The SMILES string of the molecule is CC1CCCN(Cc2csc(NC(=O)CSCc3cccc(Cl)c3)n2)C1. The second-order valence-corrected chi connectivity index (χ2v) is 9.08. The van der Waals surface area contributed by atoms with E-state index in [2.05, 4.69) is 22.1 Å². The van der Waals surface area contributed by atoms with Crippen molar-refractivity contribution < 1.29 is 4.79 Å². The lowest BCUT2D eigenvalue weighted by molar-refractivity contribution is -0.113. The van der Waals surface area contributed by atoms with E-state index in [0.29, 0.717) is 10.9 Å². The van der Waals surface area contributed by atoms with Gasteiger partial charge in [0.25, 0.3) is 0 Å². The summed E-state index contributed by atoms with van der Waals surface area (Å²) in [6.45, 7) is 5.46. The number of likely N-dealkylation sites (tertiary alicyclic amines) is 1. The van der Waals surface area contributed by atoms with Gasteiger partial charge in [0, 0.05) is 29.2 Å². The van der Waals surface area contributed by atoms with Crippen LogP contribution in [0.2, 0.25) is 5.02 Å². The number of nitrogens with zero attached hydrogens (tertiary/aromatic N) is 2. The summed E-state index contributed by atoms with van der Waals surface area (Å²) in [6, 6.07) is 7.73. The lowest BCUT2D eigenvalue weighted by Gasteiger charge is -2.30. The lowest BCUT2D eigenvalue weighted by atomic mass is 10.0. The predicted molar refractivity (Wildman–Crippen MR) is 112 cm³/mol. The highest BCUT2D eigenvalue weighted by Gasteiger charge is 2.17. The van der Waals surface area contributed by atoms with Crippen LogP contribution in [0.3, 0.4) is 0 Å². The first-order valence-corrected chi connectivity index (χ1v) is 11.3. The van der Waals surface area contributed by atoms with E-state index < -0.39 is 0 Å². The van der Waals surface area contributed by atoms with Crippen molar-refractivity contribution in [2.45, 2.75) is 32.1 Å². The van der Waals surface area contributed by atoms with Crippen molar-refractivity contribution in [2.24, 2.45) is 5.92 Å². The molecule has 1 N–H and O–H groups in total. The van der Waals surface area contributed by atoms with E-state index in [-0.39, 0.29) is 5.91 Å². The quantitative estimate of drug-likeness (QED) is 0.706. The normalized spacial score (nSPS) is 18.0. The number of carbonyl (C=O) groups is 1. The molecule has 0 aliphatic carbocycles. The Morgan fingerprint density at radius 1 is 1.50 bits per heavy atom. The van der Waals surface area contributed by atoms with Gasteiger partial charge in [-0.15, -0.1) is 23.1 Å².